The van der Waals surface area contributed by atoms with Crippen LogP contribution in [0.5, 0.6) is 0 Å². The van der Waals surface area contributed by atoms with Gasteiger partial charge in [0.2, 0.25) is 0 Å². The molecule has 1 aliphatic heterocycles. The Hall–Kier alpha value is -0.0800. The van der Waals surface area contributed by atoms with Crippen molar-refractivity contribution in [3.63, 3.8) is 0 Å². The predicted molar refractivity (Wildman–Crippen MR) is 69.6 cm³/mol. The summed E-state index contributed by atoms with van der Waals surface area (Å²) in [5.41, 5.74) is 1.46. The largest absolute Gasteiger partial charge is 0.316 e. The van der Waals surface area contributed by atoms with Crippen LogP contribution in [-0.4, -0.2) is 25.7 Å². The van der Waals surface area contributed by atoms with Crippen LogP contribution in [0.4, 0.5) is 0 Å². The van der Waals surface area contributed by atoms with Gasteiger partial charge in [0.1, 0.15) is 0 Å². The summed E-state index contributed by atoms with van der Waals surface area (Å²) in [5.74, 6) is 0. The molecular weight excluding hydrogens is 196 g/mol. The molecule has 0 radical (unpaired) electrons. The van der Waals surface area contributed by atoms with E-state index in [-0.39, 0.29) is 0 Å². The SMILES string of the molecule is CCC1(CNC2C(C)(C)C2(C)C)CCNC1. The standard InChI is InChI=1S/C14H28N2/c1-6-14(7-8-15-9-14)10-16-11-12(2,3)13(11,4)5/h11,15-16H,6-10H2,1-5H3. The van der Waals surface area contributed by atoms with Crippen molar-refractivity contribution in [1.29, 1.82) is 0 Å². The molecule has 2 rings (SSSR count). The van der Waals surface area contributed by atoms with Gasteiger partial charge in [0.15, 0.2) is 0 Å². The summed E-state index contributed by atoms with van der Waals surface area (Å²) in [5, 5.41) is 7.34. The lowest BCUT2D eigenvalue weighted by Gasteiger charge is -2.27. The second-order valence-corrected chi connectivity index (χ2v) is 7.04. The molecule has 2 fully saturated rings. The van der Waals surface area contributed by atoms with Crippen molar-refractivity contribution in [2.24, 2.45) is 16.2 Å². The van der Waals surface area contributed by atoms with Gasteiger partial charge in [-0.2, -0.15) is 0 Å². The van der Waals surface area contributed by atoms with Crippen molar-refractivity contribution < 1.29 is 0 Å². The van der Waals surface area contributed by atoms with Gasteiger partial charge in [-0.05, 0) is 35.6 Å². The first-order valence-corrected chi connectivity index (χ1v) is 6.80. The summed E-state index contributed by atoms with van der Waals surface area (Å²) in [6.07, 6.45) is 2.63. The molecular formula is C14H28N2. The predicted octanol–water partition coefficient (Wildman–Crippen LogP) is 2.40. The molecule has 0 aromatic carbocycles. The van der Waals surface area contributed by atoms with Crippen LogP contribution in [0.3, 0.4) is 0 Å². The minimum atomic E-state index is 0.466. The Morgan fingerprint density at radius 2 is 1.81 bits per heavy atom. The third-order valence-electron chi connectivity index (χ3n) is 5.78. The molecule has 0 bridgehead atoms. The van der Waals surface area contributed by atoms with Gasteiger partial charge in [-0.3, -0.25) is 0 Å². The molecule has 0 aromatic heterocycles. The van der Waals surface area contributed by atoms with E-state index in [9.17, 15) is 0 Å². The quantitative estimate of drug-likeness (QED) is 0.766. The van der Waals surface area contributed by atoms with Crippen molar-refractivity contribution in [3.8, 4) is 0 Å². The normalized spacial score (nSPS) is 36.6. The number of rotatable bonds is 4. The van der Waals surface area contributed by atoms with Crippen molar-refractivity contribution >= 4 is 0 Å². The molecule has 1 unspecified atom stereocenters. The van der Waals surface area contributed by atoms with Gasteiger partial charge in [0, 0.05) is 19.1 Å². The van der Waals surface area contributed by atoms with E-state index >= 15 is 0 Å². The summed E-state index contributed by atoms with van der Waals surface area (Å²) in [4.78, 5) is 0. The van der Waals surface area contributed by atoms with Crippen LogP contribution in [-0.2, 0) is 0 Å². The molecule has 94 valence electrons. The minimum absolute atomic E-state index is 0.466. The van der Waals surface area contributed by atoms with Crippen molar-refractivity contribution in [2.45, 2.75) is 53.5 Å². The third-order valence-corrected chi connectivity index (χ3v) is 5.78. The molecule has 2 aliphatic rings. The summed E-state index contributed by atoms with van der Waals surface area (Å²) in [6.45, 7) is 15.5. The van der Waals surface area contributed by atoms with Gasteiger partial charge in [-0.15, -0.1) is 0 Å². The Bertz CT molecular complexity index is 248. The lowest BCUT2D eigenvalue weighted by atomic mass is 9.84. The molecule has 2 nitrogen and oxygen atoms in total. The zero-order chi connectivity index (χ0) is 12.0. The Morgan fingerprint density at radius 3 is 2.19 bits per heavy atom. The molecule has 2 N–H and O–H groups in total. The van der Waals surface area contributed by atoms with Crippen molar-refractivity contribution in [2.75, 3.05) is 19.6 Å². The molecule has 1 saturated heterocycles. The first-order chi connectivity index (χ1) is 7.36. The maximum Gasteiger partial charge on any atom is 0.0181 e. The average Bonchev–Trinajstić information content (AvgIpc) is 2.62. The molecule has 2 heteroatoms. The van der Waals surface area contributed by atoms with E-state index < -0.39 is 0 Å². The number of nitrogens with one attached hydrogen (secondary N) is 2. The second kappa shape index (κ2) is 3.71. The third kappa shape index (κ3) is 1.70. The summed E-state index contributed by atoms with van der Waals surface area (Å²) in [7, 11) is 0. The molecule has 0 spiro atoms. The van der Waals surface area contributed by atoms with Crippen LogP contribution in [0.2, 0.25) is 0 Å². The monoisotopic (exact) mass is 224 g/mol. The fourth-order valence-electron chi connectivity index (χ4n) is 3.40. The van der Waals surface area contributed by atoms with Gasteiger partial charge in [0.25, 0.3) is 0 Å². The van der Waals surface area contributed by atoms with Crippen LogP contribution >= 0.6 is 0 Å². The van der Waals surface area contributed by atoms with Crippen LogP contribution in [0.15, 0.2) is 0 Å². The van der Waals surface area contributed by atoms with Gasteiger partial charge < -0.3 is 10.6 Å². The second-order valence-electron chi connectivity index (χ2n) is 7.04. The topological polar surface area (TPSA) is 24.1 Å². The van der Waals surface area contributed by atoms with E-state index in [2.05, 4.69) is 45.3 Å². The molecule has 0 aromatic rings. The van der Waals surface area contributed by atoms with E-state index in [0.717, 1.165) is 0 Å². The Morgan fingerprint density at radius 1 is 1.19 bits per heavy atom. The van der Waals surface area contributed by atoms with Gasteiger partial charge in [-0.25, -0.2) is 0 Å². The molecule has 0 amide bonds. The van der Waals surface area contributed by atoms with E-state index in [4.69, 9.17) is 0 Å². The van der Waals surface area contributed by atoms with Gasteiger partial charge in [0.05, 0.1) is 0 Å². The van der Waals surface area contributed by atoms with E-state index in [1.165, 1.54) is 32.5 Å². The Labute approximate surface area is 101 Å². The molecule has 1 saturated carbocycles. The summed E-state index contributed by atoms with van der Waals surface area (Å²) in [6, 6.07) is 0.698. The van der Waals surface area contributed by atoms with Crippen molar-refractivity contribution in [1.82, 2.24) is 10.6 Å². The highest BCUT2D eigenvalue weighted by Gasteiger charge is 2.64. The van der Waals surface area contributed by atoms with Crippen LogP contribution in [0.1, 0.15) is 47.5 Å². The summed E-state index contributed by atoms with van der Waals surface area (Å²) >= 11 is 0. The number of hydrogen-bond donors (Lipinski definition) is 2. The first kappa shape index (κ1) is 12.4. The number of hydrogen-bond acceptors (Lipinski definition) is 2. The zero-order valence-electron chi connectivity index (χ0n) is 11.6. The maximum atomic E-state index is 3.83. The molecule has 1 atom stereocenters. The molecule has 1 heterocycles. The Balaban J connectivity index is 1.89. The summed E-state index contributed by atoms with van der Waals surface area (Å²) < 4.78 is 0. The van der Waals surface area contributed by atoms with E-state index in [0.29, 0.717) is 22.3 Å². The highest BCUT2D eigenvalue weighted by molar-refractivity contribution is 5.18. The lowest BCUT2D eigenvalue weighted by Crippen LogP contribution is -2.38. The van der Waals surface area contributed by atoms with Crippen LogP contribution in [0, 0.1) is 16.2 Å². The average molecular weight is 224 g/mol. The fourth-order valence-corrected chi connectivity index (χ4v) is 3.40. The Kier molecular flexibility index (Phi) is 2.87. The van der Waals surface area contributed by atoms with Crippen LogP contribution in [0.25, 0.3) is 0 Å². The molecule has 16 heavy (non-hydrogen) atoms. The maximum absolute atomic E-state index is 3.83. The zero-order valence-corrected chi connectivity index (χ0v) is 11.6. The smallest absolute Gasteiger partial charge is 0.0181 e. The highest BCUT2D eigenvalue weighted by atomic mass is 15.1. The van der Waals surface area contributed by atoms with E-state index in [1.54, 1.807) is 0 Å². The van der Waals surface area contributed by atoms with Gasteiger partial charge in [-0.1, -0.05) is 34.6 Å². The highest BCUT2D eigenvalue weighted by Crippen LogP contribution is 2.62. The first-order valence-electron chi connectivity index (χ1n) is 6.80. The molecule has 1 aliphatic carbocycles. The minimum Gasteiger partial charge on any atom is -0.316 e. The van der Waals surface area contributed by atoms with Crippen LogP contribution < -0.4 is 10.6 Å². The fraction of sp³-hybridized carbons (Fsp3) is 1.00. The van der Waals surface area contributed by atoms with Gasteiger partial charge >= 0.3 is 0 Å². The lowest BCUT2D eigenvalue weighted by molar-refractivity contribution is 0.283. The van der Waals surface area contributed by atoms with Crippen molar-refractivity contribution in [3.05, 3.63) is 0 Å². The van der Waals surface area contributed by atoms with E-state index in [1.807, 2.05) is 0 Å².